The number of methoxy groups -OCH3 is 1. The van der Waals surface area contributed by atoms with Crippen molar-refractivity contribution in [1.82, 2.24) is 10.2 Å². The van der Waals surface area contributed by atoms with Gasteiger partial charge in [-0.05, 0) is 62.2 Å². The van der Waals surface area contributed by atoms with Gasteiger partial charge in [-0.15, -0.1) is 0 Å². The molecule has 0 aliphatic heterocycles. The predicted octanol–water partition coefficient (Wildman–Crippen LogP) is 5.75. The summed E-state index contributed by atoms with van der Waals surface area (Å²) in [6.45, 7) is 4.62. The number of nitrogens with zero attached hydrogens (tertiary/aromatic N) is 3. The first-order valence-corrected chi connectivity index (χ1v) is 15.9. The zero-order chi connectivity index (χ0) is 32.6. The molecule has 1 unspecified atom stereocenters. The molecule has 3 rings (SSSR count). The number of nitro benzene ring substituents is 1. The van der Waals surface area contributed by atoms with E-state index in [1.807, 2.05) is 6.92 Å². The van der Waals surface area contributed by atoms with Crippen molar-refractivity contribution in [3.05, 3.63) is 92.0 Å². The van der Waals surface area contributed by atoms with Gasteiger partial charge >= 0.3 is 0 Å². The maximum atomic E-state index is 14.2. The Hall–Kier alpha value is -3.87. The molecule has 0 aliphatic carbocycles. The molecule has 0 spiro atoms. The van der Waals surface area contributed by atoms with Crippen LogP contribution in [0.5, 0.6) is 5.75 Å². The molecule has 14 heteroatoms. The molecule has 1 N–H and O–H groups in total. The number of amides is 2. The number of nitrogens with one attached hydrogen (secondary N) is 1. The predicted molar refractivity (Wildman–Crippen MR) is 170 cm³/mol. The number of hydrogen-bond donors (Lipinski definition) is 1. The number of carbonyl (C=O) groups is 2. The van der Waals surface area contributed by atoms with Crippen molar-refractivity contribution < 1.29 is 27.7 Å². The number of anilines is 1. The van der Waals surface area contributed by atoms with Crippen LogP contribution in [0.15, 0.2) is 65.6 Å². The second kappa shape index (κ2) is 15.2. The Morgan fingerprint density at radius 2 is 1.70 bits per heavy atom. The monoisotopic (exact) mass is 664 g/mol. The molecule has 236 valence electrons. The maximum absolute atomic E-state index is 14.2. The maximum Gasteiger partial charge on any atom is 0.273 e. The van der Waals surface area contributed by atoms with Crippen LogP contribution in [0, 0.1) is 17.0 Å². The SMILES string of the molecule is CCCCNC(=O)C(C)N(Cc1ccc(Cl)cc1)C(=O)CN(c1cc(Cl)ccc1OC)S(=O)(=O)c1ccc(C)c([N+](=O)[O-])c1. The fraction of sp³-hybridized carbons (Fsp3) is 0.333. The van der Waals surface area contributed by atoms with E-state index < -0.39 is 49.9 Å². The summed E-state index contributed by atoms with van der Waals surface area (Å²) in [6, 6.07) is 13.4. The lowest BCUT2D eigenvalue weighted by Gasteiger charge is -2.32. The minimum absolute atomic E-state index is 0.0328. The number of unbranched alkanes of at least 4 members (excludes halogenated alkanes) is 1. The van der Waals surface area contributed by atoms with E-state index in [9.17, 15) is 28.1 Å². The molecule has 0 fully saturated rings. The summed E-state index contributed by atoms with van der Waals surface area (Å²) in [5.41, 5.74) is 0.439. The third kappa shape index (κ3) is 8.40. The van der Waals surface area contributed by atoms with Crippen LogP contribution in [0.1, 0.15) is 37.8 Å². The van der Waals surface area contributed by atoms with Gasteiger partial charge in [0.25, 0.3) is 15.7 Å². The van der Waals surface area contributed by atoms with E-state index in [0.29, 0.717) is 17.1 Å². The topological polar surface area (TPSA) is 139 Å². The molecule has 0 aromatic heterocycles. The number of benzene rings is 3. The quantitative estimate of drug-likeness (QED) is 0.132. The number of halogens is 2. The third-order valence-corrected chi connectivity index (χ3v) is 9.16. The summed E-state index contributed by atoms with van der Waals surface area (Å²) in [7, 11) is -3.30. The second-order valence-electron chi connectivity index (χ2n) is 10.0. The molecule has 1 atom stereocenters. The number of aryl methyl sites for hydroxylation is 1. The lowest BCUT2D eigenvalue weighted by molar-refractivity contribution is -0.385. The third-order valence-electron chi connectivity index (χ3n) is 6.92. The van der Waals surface area contributed by atoms with E-state index in [0.717, 1.165) is 23.2 Å². The first-order valence-electron chi connectivity index (χ1n) is 13.7. The van der Waals surface area contributed by atoms with Gasteiger partial charge in [0.05, 0.1) is 22.6 Å². The van der Waals surface area contributed by atoms with Crippen LogP contribution in [-0.2, 0) is 26.2 Å². The van der Waals surface area contributed by atoms with Gasteiger partial charge in [0.2, 0.25) is 11.8 Å². The molecule has 2 amide bonds. The molecule has 0 saturated heterocycles. The van der Waals surface area contributed by atoms with Crippen LogP contribution in [0.4, 0.5) is 11.4 Å². The van der Waals surface area contributed by atoms with Gasteiger partial charge in [-0.3, -0.25) is 24.0 Å². The van der Waals surface area contributed by atoms with Gasteiger partial charge in [-0.25, -0.2) is 8.42 Å². The van der Waals surface area contributed by atoms with E-state index in [1.54, 1.807) is 31.2 Å². The second-order valence-corrected chi connectivity index (χ2v) is 12.7. The lowest BCUT2D eigenvalue weighted by Crippen LogP contribution is -2.51. The van der Waals surface area contributed by atoms with Crippen LogP contribution >= 0.6 is 23.2 Å². The van der Waals surface area contributed by atoms with E-state index in [4.69, 9.17) is 27.9 Å². The Morgan fingerprint density at radius 3 is 2.32 bits per heavy atom. The highest BCUT2D eigenvalue weighted by molar-refractivity contribution is 7.92. The number of sulfonamides is 1. The summed E-state index contributed by atoms with van der Waals surface area (Å²) in [4.78, 5) is 39.0. The fourth-order valence-electron chi connectivity index (χ4n) is 4.35. The Labute approximate surface area is 266 Å². The number of hydrogen-bond acceptors (Lipinski definition) is 7. The van der Waals surface area contributed by atoms with Crippen molar-refractivity contribution in [3.8, 4) is 5.75 Å². The standard InChI is InChI=1S/C30H34Cl2N4O7S/c1-5-6-15-33-30(38)21(3)34(18-22-8-10-23(31)11-9-22)29(37)19-35(27-16-24(32)12-14-28(27)43-4)44(41,42)25-13-7-20(2)26(17-25)36(39)40/h7-14,16-17,21H,5-6,15,18-19H2,1-4H3,(H,33,38). The highest BCUT2D eigenvalue weighted by Crippen LogP contribution is 2.36. The zero-order valence-corrected chi connectivity index (χ0v) is 27.1. The summed E-state index contributed by atoms with van der Waals surface area (Å²) >= 11 is 12.3. The van der Waals surface area contributed by atoms with Crippen LogP contribution in [0.25, 0.3) is 0 Å². The molecule has 0 saturated carbocycles. The number of ether oxygens (including phenoxy) is 1. The van der Waals surface area contributed by atoms with Gasteiger partial charge in [-0.2, -0.15) is 0 Å². The number of rotatable bonds is 14. The summed E-state index contributed by atoms with van der Waals surface area (Å²) in [6.07, 6.45) is 1.60. The van der Waals surface area contributed by atoms with Crippen molar-refractivity contribution in [1.29, 1.82) is 0 Å². The van der Waals surface area contributed by atoms with Crippen molar-refractivity contribution >= 4 is 56.4 Å². The Bertz CT molecular complexity index is 1620. The zero-order valence-electron chi connectivity index (χ0n) is 24.7. The van der Waals surface area contributed by atoms with E-state index >= 15 is 0 Å². The van der Waals surface area contributed by atoms with Crippen LogP contribution in [0.2, 0.25) is 10.0 Å². The van der Waals surface area contributed by atoms with Gasteiger partial charge in [0, 0.05) is 34.8 Å². The molecule has 0 bridgehead atoms. The summed E-state index contributed by atoms with van der Waals surface area (Å²) in [5, 5.41) is 15.1. The Balaban J connectivity index is 2.13. The molecule has 3 aromatic rings. The van der Waals surface area contributed by atoms with Gasteiger partial charge < -0.3 is 15.0 Å². The smallest absolute Gasteiger partial charge is 0.273 e. The minimum atomic E-state index is -4.62. The van der Waals surface area contributed by atoms with Crippen molar-refractivity contribution in [2.24, 2.45) is 0 Å². The highest BCUT2D eigenvalue weighted by Gasteiger charge is 2.35. The molecule has 3 aromatic carbocycles. The Kier molecular flexibility index (Phi) is 12.0. The minimum Gasteiger partial charge on any atom is -0.495 e. The number of nitro groups is 1. The molecular weight excluding hydrogens is 631 g/mol. The van der Waals surface area contributed by atoms with Crippen molar-refractivity contribution in [2.45, 2.75) is 51.1 Å². The highest BCUT2D eigenvalue weighted by atomic mass is 35.5. The average Bonchev–Trinajstić information content (AvgIpc) is 2.99. The fourth-order valence-corrected chi connectivity index (χ4v) is 6.08. The normalized spacial score (nSPS) is 11.9. The van der Waals surface area contributed by atoms with Crippen LogP contribution in [-0.4, -0.2) is 56.3 Å². The van der Waals surface area contributed by atoms with E-state index in [2.05, 4.69) is 5.32 Å². The van der Waals surface area contributed by atoms with Crippen molar-refractivity contribution in [2.75, 3.05) is 24.5 Å². The average molecular weight is 666 g/mol. The molecular formula is C30H34Cl2N4O7S. The molecule has 44 heavy (non-hydrogen) atoms. The molecule has 11 nitrogen and oxygen atoms in total. The summed E-state index contributed by atoms with van der Waals surface area (Å²) in [5.74, 6) is -1.04. The van der Waals surface area contributed by atoms with Crippen molar-refractivity contribution in [3.63, 3.8) is 0 Å². The Morgan fingerprint density at radius 1 is 1.05 bits per heavy atom. The first kappa shape index (κ1) is 34.6. The molecule has 0 heterocycles. The summed E-state index contributed by atoms with van der Waals surface area (Å²) < 4.78 is 34.5. The molecule has 0 radical (unpaired) electrons. The van der Waals surface area contributed by atoms with E-state index in [1.165, 1.54) is 49.3 Å². The molecule has 0 aliphatic rings. The van der Waals surface area contributed by atoms with Crippen LogP contribution in [0.3, 0.4) is 0 Å². The van der Waals surface area contributed by atoms with Crippen LogP contribution < -0.4 is 14.4 Å². The van der Waals surface area contributed by atoms with Gasteiger partial charge in [-0.1, -0.05) is 54.7 Å². The van der Waals surface area contributed by atoms with Gasteiger partial charge in [0.15, 0.2) is 0 Å². The first-order chi connectivity index (χ1) is 20.8. The largest absolute Gasteiger partial charge is 0.495 e. The number of carbonyl (C=O) groups excluding carboxylic acids is 2. The lowest BCUT2D eigenvalue weighted by atomic mass is 10.1. The van der Waals surface area contributed by atoms with Gasteiger partial charge in [0.1, 0.15) is 18.3 Å². The van der Waals surface area contributed by atoms with E-state index in [-0.39, 0.29) is 28.6 Å².